The lowest BCUT2D eigenvalue weighted by molar-refractivity contribution is -0.117. The lowest BCUT2D eigenvalue weighted by Gasteiger charge is -2.08. The molecule has 1 amide bonds. The number of carbonyl (C=O) groups excluding carboxylic acids is 1. The standard InChI is InChI=1S/C20H33NO2/c1-3-4-5-6-7-8-9-10-11-18-12-14-19(15-13-18)21-20(23)16-17(2)22/h12-15,17,22H,3-11,16H2,1-2H3,(H,21,23). The van der Waals surface area contributed by atoms with Gasteiger partial charge in [0.15, 0.2) is 0 Å². The first-order valence-corrected chi connectivity index (χ1v) is 9.18. The van der Waals surface area contributed by atoms with Crippen LogP contribution in [-0.4, -0.2) is 17.1 Å². The molecular weight excluding hydrogens is 286 g/mol. The minimum atomic E-state index is -0.601. The van der Waals surface area contributed by atoms with E-state index in [1.165, 1.54) is 56.9 Å². The maximum absolute atomic E-state index is 11.6. The minimum absolute atomic E-state index is 0.139. The summed E-state index contributed by atoms with van der Waals surface area (Å²) in [6.07, 6.45) is 11.4. The molecule has 2 N–H and O–H groups in total. The number of hydrogen-bond donors (Lipinski definition) is 2. The summed E-state index contributed by atoms with van der Waals surface area (Å²) in [6.45, 7) is 3.87. The first kappa shape index (κ1) is 19.7. The van der Waals surface area contributed by atoms with Crippen molar-refractivity contribution in [3.05, 3.63) is 29.8 Å². The topological polar surface area (TPSA) is 49.3 Å². The largest absolute Gasteiger partial charge is 0.393 e. The zero-order valence-corrected chi connectivity index (χ0v) is 14.8. The quantitative estimate of drug-likeness (QED) is 0.528. The van der Waals surface area contributed by atoms with E-state index in [2.05, 4.69) is 24.4 Å². The van der Waals surface area contributed by atoms with Gasteiger partial charge in [0.25, 0.3) is 0 Å². The zero-order valence-electron chi connectivity index (χ0n) is 14.8. The number of aliphatic hydroxyl groups is 1. The van der Waals surface area contributed by atoms with E-state index < -0.39 is 6.10 Å². The molecule has 0 aromatic heterocycles. The number of hydrogen-bond acceptors (Lipinski definition) is 2. The first-order valence-electron chi connectivity index (χ1n) is 9.18. The summed E-state index contributed by atoms with van der Waals surface area (Å²) in [7, 11) is 0. The van der Waals surface area contributed by atoms with Gasteiger partial charge in [0.05, 0.1) is 12.5 Å². The van der Waals surface area contributed by atoms with Crippen LogP contribution in [0.5, 0.6) is 0 Å². The molecule has 0 aliphatic heterocycles. The third-order valence-electron chi connectivity index (χ3n) is 4.04. The van der Waals surface area contributed by atoms with Crippen LogP contribution >= 0.6 is 0 Å². The summed E-state index contributed by atoms with van der Waals surface area (Å²) in [6, 6.07) is 8.05. The van der Waals surface area contributed by atoms with Gasteiger partial charge in [-0.3, -0.25) is 4.79 Å². The van der Waals surface area contributed by atoms with Crippen molar-refractivity contribution in [1.29, 1.82) is 0 Å². The van der Waals surface area contributed by atoms with E-state index in [-0.39, 0.29) is 12.3 Å². The summed E-state index contributed by atoms with van der Waals surface area (Å²) in [5, 5.41) is 12.0. The molecule has 0 heterocycles. The molecule has 0 fully saturated rings. The Morgan fingerprint density at radius 2 is 1.57 bits per heavy atom. The maximum atomic E-state index is 11.6. The molecule has 0 radical (unpaired) electrons. The molecule has 0 aliphatic rings. The molecule has 1 aromatic rings. The monoisotopic (exact) mass is 319 g/mol. The Bertz CT molecular complexity index is 426. The van der Waals surface area contributed by atoms with Gasteiger partial charge in [-0.05, 0) is 37.5 Å². The Morgan fingerprint density at radius 3 is 2.13 bits per heavy atom. The zero-order chi connectivity index (χ0) is 16.9. The van der Waals surface area contributed by atoms with E-state index in [0.717, 1.165) is 12.1 Å². The Labute approximate surface area is 141 Å². The second-order valence-corrected chi connectivity index (χ2v) is 6.52. The van der Waals surface area contributed by atoms with Gasteiger partial charge >= 0.3 is 0 Å². The molecular formula is C20H33NO2. The van der Waals surface area contributed by atoms with Crippen LogP contribution in [0.25, 0.3) is 0 Å². The molecule has 0 saturated carbocycles. The van der Waals surface area contributed by atoms with Crippen LogP contribution in [-0.2, 0) is 11.2 Å². The molecule has 1 aromatic carbocycles. The number of aryl methyl sites for hydroxylation is 1. The minimum Gasteiger partial charge on any atom is -0.393 e. The molecule has 3 heteroatoms. The molecule has 23 heavy (non-hydrogen) atoms. The average molecular weight is 319 g/mol. The molecule has 1 unspecified atom stereocenters. The van der Waals surface area contributed by atoms with Gasteiger partial charge in [-0.1, -0.05) is 64.0 Å². The lowest BCUT2D eigenvalue weighted by Crippen LogP contribution is -2.17. The van der Waals surface area contributed by atoms with E-state index in [4.69, 9.17) is 0 Å². The number of unbranched alkanes of at least 4 members (excludes halogenated alkanes) is 7. The highest BCUT2D eigenvalue weighted by atomic mass is 16.3. The van der Waals surface area contributed by atoms with Gasteiger partial charge < -0.3 is 10.4 Å². The van der Waals surface area contributed by atoms with Crippen molar-refractivity contribution < 1.29 is 9.90 Å². The number of rotatable bonds is 12. The Balaban J connectivity index is 2.15. The van der Waals surface area contributed by atoms with Crippen LogP contribution in [0.4, 0.5) is 5.69 Å². The van der Waals surface area contributed by atoms with Crippen molar-refractivity contribution >= 4 is 11.6 Å². The van der Waals surface area contributed by atoms with Crippen molar-refractivity contribution in [1.82, 2.24) is 0 Å². The predicted octanol–water partition coefficient (Wildman–Crippen LogP) is 5.08. The number of aliphatic hydroxyl groups excluding tert-OH is 1. The molecule has 1 rings (SSSR count). The van der Waals surface area contributed by atoms with Crippen LogP contribution in [0, 0.1) is 0 Å². The summed E-state index contributed by atoms with van der Waals surface area (Å²) >= 11 is 0. The van der Waals surface area contributed by atoms with Gasteiger partial charge in [0.1, 0.15) is 0 Å². The van der Waals surface area contributed by atoms with Crippen LogP contribution < -0.4 is 5.32 Å². The van der Waals surface area contributed by atoms with Crippen LogP contribution in [0.2, 0.25) is 0 Å². The van der Waals surface area contributed by atoms with E-state index in [9.17, 15) is 9.90 Å². The first-order chi connectivity index (χ1) is 11.1. The highest BCUT2D eigenvalue weighted by Gasteiger charge is 2.06. The van der Waals surface area contributed by atoms with Crippen molar-refractivity contribution in [2.24, 2.45) is 0 Å². The molecule has 130 valence electrons. The SMILES string of the molecule is CCCCCCCCCCc1ccc(NC(=O)CC(C)O)cc1. The van der Waals surface area contributed by atoms with E-state index in [1.54, 1.807) is 6.92 Å². The maximum Gasteiger partial charge on any atom is 0.226 e. The van der Waals surface area contributed by atoms with Gasteiger partial charge in [-0.15, -0.1) is 0 Å². The van der Waals surface area contributed by atoms with Crippen molar-refractivity contribution in [2.45, 2.75) is 84.2 Å². The molecule has 3 nitrogen and oxygen atoms in total. The third kappa shape index (κ3) is 10.1. The summed E-state index contributed by atoms with van der Waals surface area (Å²) in [4.78, 5) is 11.6. The number of nitrogens with one attached hydrogen (secondary N) is 1. The van der Waals surface area contributed by atoms with Crippen LogP contribution in [0.1, 0.15) is 77.2 Å². The number of anilines is 1. The normalized spacial score (nSPS) is 12.1. The van der Waals surface area contributed by atoms with Crippen LogP contribution in [0.3, 0.4) is 0 Å². The lowest BCUT2D eigenvalue weighted by atomic mass is 10.0. The van der Waals surface area contributed by atoms with Crippen molar-refractivity contribution in [3.8, 4) is 0 Å². The molecule has 1 atom stereocenters. The molecule has 0 saturated heterocycles. The third-order valence-corrected chi connectivity index (χ3v) is 4.04. The Hall–Kier alpha value is -1.35. The van der Waals surface area contributed by atoms with Gasteiger partial charge in [-0.25, -0.2) is 0 Å². The summed E-state index contributed by atoms with van der Waals surface area (Å²) in [5.41, 5.74) is 2.12. The highest BCUT2D eigenvalue weighted by molar-refractivity contribution is 5.90. The number of benzene rings is 1. The fourth-order valence-corrected chi connectivity index (χ4v) is 2.70. The summed E-state index contributed by atoms with van der Waals surface area (Å²) in [5.74, 6) is -0.143. The molecule has 0 bridgehead atoms. The highest BCUT2D eigenvalue weighted by Crippen LogP contribution is 2.14. The van der Waals surface area contributed by atoms with E-state index in [1.807, 2.05) is 12.1 Å². The van der Waals surface area contributed by atoms with Crippen molar-refractivity contribution in [2.75, 3.05) is 5.32 Å². The van der Waals surface area contributed by atoms with E-state index >= 15 is 0 Å². The predicted molar refractivity (Wildman–Crippen MR) is 97.7 cm³/mol. The van der Waals surface area contributed by atoms with Gasteiger partial charge in [0, 0.05) is 5.69 Å². The fraction of sp³-hybridized carbons (Fsp3) is 0.650. The Morgan fingerprint density at radius 1 is 1.00 bits per heavy atom. The molecule has 0 aliphatic carbocycles. The average Bonchev–Trinajstić information content (AvgIpc) is 2.50. The number of carbonyl (C=O) groups is 1. The smallest absolute Gasteiger partial charge is 0.226 e. The van der Waals surface area contributed by atoms with Crippen LogP contribution in [0.15, 0.2) is 24.3 Å². The van der Waals surface area contributed by atoms with Gasteiger partial charge in [0.2, 0.25) is 5.91 Å². The molecule has 0 spiro atoms. The van der Waals surface area contributed by atoms with Crippen molar-refractivity contribution in [3.63, 3.8) is 0 Å². The second-order valence-electron chi connectivity index (χ2n) is 6.52. The van der Waals surface area contributed by atoms with Gasteiger partial charge in [-0.2, -0.15) is 0 Å². The number of amides is 1. The fourth-order valence-electron chi connectivity index (χ4n) is 2.70. The summed E-state index contributed by atoms with van der Waals surface area (Å²) < 4.78 is 0. The second kappa shape index (κ2) is 12.1. The Kier molecular flexibility index (Phi) is 10.4. The van der Waals surface area contributed by atoms with E-state index in [0.29, 0.717) is 0 Å².